The van der Waals surface area contributed by atoms with E-state index in [4.69, 9.17) is 0 Å². The van der Waals surface area contributed by atoms with E-state index in [1.807, 2.05) is 6.92 Å². The van der Waals surface area contributed by atoms with E-state index in [2.05, 4.69) is 58.7 Å². The lowest BCUT2D eigenvalue weighted by molar-refractivity contribution is 1.08. The molecule has 1 aromatic carbocycles. The molecule has 0 aliphatic carbocycles. The molecule has 2 aromatic rings. The van der Waals surface area contributed by atoms with Crippen LogP contribution in [0.4, 0.5) is 17.3 Å². The summed E-state index contributed by atoms with van der Waals surface area (Å²) in [5.41, 5.74) is 3.41. The number of rotatable bonds is 5. The number of hydrogen-bond donors (Lipinski definition) is 2. The van der Waals surface area contributed by atoms with Gasteiger partial charge < -0.3 is 10.6 Å². The van der Waals surface area contributed by atoms with E-state index in [0.29, 0.717) is 0 Å². The van der Waals surface area contributed by atoms with E-state index in [0.717, 1.165) is 35.9 Å². The molecule has 19 heavy (non-hydrogen) atoms. The van der Waals surface area contributed by atoms with Gasteiger partial charge in [0.2, 0.25) is 0 Å². The number of aryl methyl sites for hydroxylation is 1. The summed E-state index contributed by atoms with van der Waals surface area (Å²) < 4.78 is 0. The summed E-state index contributed by atoms with van der Waals surface area (Å²) in [7, 11) is 0. The number of hydrogen-bond acceptors (Lipinski definition) is 4. The molecule has 0 atom stereocenters. The molecule has 4 heteroatoms. The summed E-state index contributed by atoms with van der Waals surface area (Å²) in [4.78, 5) is 8.53. The Kier molecular flexibility index (Phi) is 4.34. The lowest BCUT2D eigenvalue weighted by Gasteiger charge is -2.12. The van der Waals surface area contributed by atoms with Crippen LogP contribution in [0.2, 0.25) is 0 Å². The second-order valence-corrected chi connectivity index (χ2v) is 4.40. The van der Waals surface area contributed by atoms with Crippen LogP contribution in [-0.4, -0.2) is 16.5 Å². The zero-order valence-corrected chi connectivity index (χ0v) is 11.7. The molecule has 1 heterocycles. The lowest BCUT2D eigenvalue weighted by atomic mass is 10.1. The van der Waals surface area contributed by atoms with E-state index in [-0.39, 0.29) is 0 Å². The van der Waals surface area contributed by atoms with Crippen molar-refractivity contribution in [1.82, 2.24) is 9.97 Å². The van der Waals surface area contributed by atoms with Gasteiger partial charge in [0.25, 0.3) is 0 Å². The predicted octanol–water partition coefficient (Wildman–Crippen LogP) is 3.52. The van der Waals surface area contributed by atoms with E-state index in [9.17, 15) is 0 Å². The Hall–Kier alpha value is -2.10. The van der Waals surface area contributed by atoms with Gasteiger partial charge in [-0.15, -0.1) is 0 Å². The van der Waals surface area contributed by atoms with Crippen LogP contribution in [0.5, 0.6) is 0 Å². The molecule has 0 aliphatic rings. The van der Waals surface area contributed by atoms with Gasteiger partial charge in [0.05, 0.1) is 0 Å². The predicted molar refractivity (Wildman–Crippen MR) is 80.0 cm³/mol. The van der Waals surface area contributed by atoms with Crippen molar-refractivity contribution in [2.45, 2.75) is 27.2 Å². The lowest BCUT2D eigenvalue weighted by Crippen LogP contribution is -2.05. The third-order valence-corrected chi connectivity index (χ3v) is 3.05. The first kappa shape index (κ1) is 13.3. The molecule has 0 saturated carbocycles. The summed E-state index contributed by atoms with van der Waals surface area (Å²) in [6.45, 7) is 7.07. The molecule has 0 fully saturated rings. The largest absolute Gasteiger partial charge is 0.370 e. The Morgan fingerprint density at radius 2 is 1.68 bits per heavy atom. The first-order chi connectivity index (χ1) is 9.24. The van der Waals surface area contributed by atoms with E-state index < -0.39 is 0 Å². The molecular formula is C15H20N4. The van der Waals surface area contributed by atoms with E-state index in [1.54, 1.807) is 6.33 Å². The molecule has 2 N–H and O–H groups in total. The maximum atomic E-state index is 4.30. The fraction of sp³-hybridized carbons (Fsp3) is 0.333. The Balaban J connectivity index is 2.20. The number of aromatic nitrogens is 2. The first-order valence-electron chi connectivity index (χ1n) is 6.66. The minimum absolute atomic E-state index is 0.843. The van der Waals surface area contributed by atoms with Crippen molar-refractivity contribution in [3.8, 4) is 0 Å². The number of nitrogens with zero attached hydrogens (tertiary/aromatic N) is 2. The van der Waals surface area contributed by atoms with Crippen LogP contribution in [0.15, 0.2) is 30.6 Å². The normalized spacial score (nSPS) is 10.3. The minimum atomic E-state index is 0.843. The average molecular weight is 256 g/mol. The van der Waals surface area contributed by atoms with Gasteiger partial charge in [-0.3, -0.25) is 0 Å². The highest BCUT2D eigenvalue weighted by Gasteiger charge is 2.06. The monoisotopic (exact) mass is 256 g/mol. The molecule has 4 nitrogen and oxygen atoms in total. The number of nitrogens with one attached hydrogen (secondary N) is 2. The van der Waals surface area contributed by atoms with E-state index in [1.165, 1.54) is 5.56 Å². The van der Waals surface area contributed by atoms with Crippen LogP contribution in [0, 0.1) is 6.92 Å². The molecule has 0 unspecified atom stereocenters. The fourth-order valence-corrected chi connectivity index (χ4v) is 1.88. The fourth-order valence-electron chi connectivity index (χ4n) is 1.88. The summed E-state index contributed by atoms with van der Waals surface area (Å²) >= 11 is 0. The summed E-state index contributed by atoms with van der Waals surface area (Å²) in [6, 6.07) is 8.41. The van der Waals surface area contributed by atoms with Gasteiger partial charge >= 0.3 is 0 Å². The highest BCUT2D eigenvalue weighted by atomic mass is 15.1. The van der Waals surface area contributed by atoms with Crippen molar-refractivity contribution in [1.29, 1.82) is 0 Å². The van der Waals surface area contributed by atoms with Gasteiger partial charge in [-0.25, -0.2) is 9.97 Å². The van der Waals surface area contributed by atoms with Gasteiger partial charge in [-0.05, 0) is 38.0 Å². The molecule has 0 radical (unpaired) electrons. The third-order valence-electron chi connectivity index (χ3n) is 3.05. The van der Waals surface area contributed by atoms with Crippen molar-refractivity contribution in [3.63, 3.8) is 0 Å². The van der Waals surface area contributed by atoms with Crippen LogP contribution in [-0.2, 0) is 6.42 Å². The Morgan fingerprint density at radius 3 is 2.32 bits per heavy atom. The first-order valence-corrected chi connectivity index (χ1v) is 6.66. The molecule has 0 amide bonds. The summed E-state index contributed by atoms with van der Waals surface area (Å²) in [5.74, 6) is 1.72. The van der Waals surface area contributed by atoms with Gasteiger partial charge in [0, 0.05) is 17.8 Å². The standard InChI is InChI=1S/C15H20N4/c1-4-12-6-8-13(9-7-12)19-15-11(3)14(16-5-2)17-10-18-15/h6-10H,4-5H2,1-3H3,(H2,16,17,18,19). The molecule has 0 saturated heterocycles. The van der Waals surface area contributed by atoms with Crippen LogP contribution >= 0.6 is 0 Å². The quantitative estimate of drug-likeness (QED) is 0.859. The minimum Gasteiger partial charge on any atom is -0.370 e. The zero-order valence-electron chi connectivity index (χ0n) is 11.7. The van der Waals surface area contributed by atoms with E-state index >= 15 is 0 Å². The highest BCUT2D eigenvalue weighted by Crippen LogP contribution is 2.22. The molecule has 0 spiro atoms. The van der Waals surface area contributed by atoms with Crippen molar-refractivity contribution in [2.75, 3.05) is 17.2 Å². The SMILES string of the molecule is CCNc1ncnc(Nc2ccc(CC)cc2)c1C. The van der Waals surface area contributed by atoms with Gasteiger partial charge in [0.15, 0.2) is 0 Å². The molecule has 0 bridgehead atoms. The van der Waals surface area contributed by atoms with Crippen molar-refractivity contribution in [3.05, 3.63) is 41.7 Å². The Bertz CT molecular complexity index is 534. The highest BCUT2D eigenvalue weighted by molar-refractivity contribution is 5.64. The van der Waals surface area contributed by atoms with Crippen LogP contribution in [0.25, 0.3) is 0 Å². The maximum Gasteiger partial charge on any atom is 0.138 e. The molecule has 0 aliphatic heterocycles. The van der Waals surface area contributed by atoms with Crippen LogP contribution < -0.4 is 10.6 Å². The summed E-state index contributed by atoms with van der Waals surface area (Å²) in [5, 5.41) is 6.56. The van der Waals surface area contributed by atoms with Crippen molar-refractivity contribution in [2.24, 2.45) is 0 Å². The van der Waals surface area contributed by atoms with Crippen LogP contribution in [0.1, 0.15) is 25.0 Å². The second-order valence-electron chi connectivity index (χ2n) is 4.40. The maximum absolute atomic E-state index is 4.30. The third kappa shape index (κ3) is 3.22. The average Bonchev–Trinajstić information content (AvgIpc) is 2.44. The second kappa shape index (κ2) is 6.18. The molecule has 1 aromatic heterocycles. The Labute approximate surface area is 114 Å². The van der Waals surface area contributed by atoms with Crippen molar-refractivity contribution < 1.29 is 0 Å². The van der Waals surface area contributed by atoms with Gasteiger partial charge in [-0.1, -0.05) is 19.1 Å². The number of anilines is 3. The molecule has 2 rings (SSSR count). The van der Waals surface area contributed by atoms with Gasteiger partial charge in [-0.2, -0.15) is 0 Å². The summed E-state index contributed by atoms with van der Waals surface area (Å²) in [6.07, 6.45) is 2.63. The zero-order chi connectivity index (χ0) is 13.7. The Morgan fingerprint density at radius 1 is 1.00 bits per heavy atom. The molecular weight excluding hydrogens is 236 g/mol. The van der Waals surface area contributed by atoms with Crippen molar-refractivity contribution >= 4 is 17.3 Å². The number of benzene rings is 1. The molecule has 100 valence electrons. The smallest absolute Gasteiger partial charge is 0.138 e. The van der Waals surface area contributed by atoms with Crippen LogP contribution in [0.3, 0.4) is 0 Å². The topological polar surface area (TPSA) is 49.8 Å². The van der Waals surface area contributed by atoms with Gasteiger partial charge in [0.1, 0.15) is 18.0 Å².